The summed E-state index contributed by atoms with van der Waals surface area (Å²) in [7, 11) is 0. The van der Waals surface area contributed by atoms with Crippen LogP contribution in [0.15, 0.2) is 46.8 Å². The second kappa shape index (κ2) is 9.40. The number of dihydropyridines is 1. The summed E-state index contributed by atoms with van der Waals surface area (Å²) in [6.45, 7) is 2.66. The number of hydrogen-bond acceptors (Lipinski definition) is 6. The fourth-order valence-corrected chi connectivity index (χ4v) is 4.36. The molecule has 3 amide bonds. The fourth-order valence-electron chi connectivity index (χ4n) is 3.39. The van der Waals surface area contributed by atoms with Crippen molar-refractivity contribution in [1.82, 2.24) is 9.88 Å². The zero-order valence-electron chi connectivity index (χ0n) is 16.5. The third-order valence-corrected chi connectivity index (χ3v) is 6.18. The highest BCUT2D eigenvalue weighted by molar-refractivity contribution is 7.14. The van der Waals surface area contributed by atoms with Gasteiger partial charge in [0.25, 0.3) is 5.91 Å². The smallest absolute Gasteiger partial charge is 0.269 e. The molecule has 1 saturated heterocycles. The van der Waals surface area contributed by atoms with Crippen LogP contribution in [0.2, 0.25) is 5.02 Å². The van der Waals surface area contributed by atoms with Crippen LogP contribution in [0.1, 0.15) is 5.69 Å². The Morgan fingerprint density at radius 3 is 2.68 bits per heavy atom. The van der Waals surface area contributed by atoms with Crippen LogP contribution in [0.5, 0.6) is 0 Å². The van der Waals surface area contributed by atoms with E-state index in [9.17, 15) is 14.4 Å². The van der Waals surface area contributed by atoms with E-state index in [0.29, 0.717) is 42.0 Å². The lowest BCUT2D eigenvalue weighted by Gasteiger charge is -2.36. The van der Waals surface area contributed by atoms with Gasteiger partial charge in [0.15, 0.2) is 5.13 Å². The topological polar surface area (TPSA) is 95.0 Å². The second-order valence-electron chi connectivity index (χ2n) is 7.13. The SMILES string of the molecule is O=C1C=CC(C(=O)Nc2nc(CC(=O)N3CCN(c4ccccc4Cl)CC3)cs2)C=N1. The summed E-state index contributed by atoms with van der Waals surface area (Å²) in [5.74, 6) is -1.31. The lowest BCUT2D eigenvalue weighted by molar-refractivity contribution is -0.130. The Labute approximate surface area is 188 Å². The third-order valence-electron chi connectivity index (χ3n) is 5.05. The number of amides is 3. The molecule has 2 aliphatic rings. The van der Waals surface area contributed by atoms with Crippen molar-refractivity contribution in [2.45, 2.75) is 6.42 Å². The van der Waals surface area contributed by atoms with E-state index in [1.165, 1.54) is 29.7 Å². The van der Waals surface area contributed by atoms with Gasteiger partial charge in [-0.1, -0.05) is 29.8 Å². The first-order valence-corrected chi connectivity index (χ1v) is 11.0. The van der Waals surface area contributed by atoms with Gasteiger partial charge in [0.1, 0.15) is 0 Å². The van der Waals surface area contributed by atoms with E-state index in [1.807, 2.05) is 29.2 Å². The van der Waals surface area contributed by atoms with Gasteiger partial charge >= 0.3 is 0 Å². The number of rotatable bonds is 5. The normalized spacial score (nSPS) is 18.4. The molecular formula is C21H20ClN5O3S. The summed E-state index contributed by atoms with van der Waals surface area (Å²) < 4.78 is 0. The van der Waals surface area contributed by atoms with Gasteiger partial charge < -0.3 is 15.1 Å². The van der Waals surface area contributed by atoms with Gasteiger partial charge in [0.2, 0.25) is 11.8 Å². The Morgan fingerprint density at radius 2 is 1.97 bits per heavy atom. The molecular weight excluding hydrogens is 438 g/mol. The number of thiazole rings is 1. The molecule has 8 nitrogen and oxygen atoms in total. The summed E-state index contributed by atoms with van der Waals surface area (Å²) in [6, 6.07) is 7.70. The Kier molecular flexibility index (Phi) is 6.43. The molecule has 0 bridgehead atoms. The summed E-state index contributed by atoms with van der Waals surface area (Å²) in [6.07, 6.45) is 4.24. The molecule has 1 atom stereocenters. The average molecular weight is 458 g/mol. The molecule has 10 heteroatoms. The molecule has 3 heterocycles. The van der Waals surface area contributed by atoms with Crippen molar-refractivity contribution in [3.63, 3.8) is 0 Å². The minimum atomic E-state index is -0.610. The van der Waals surface area contributed by atoms with Crippen molar-refractivity contribution in [3.05, 3.63) is 52.5 Å². The Morgan fingerprint density at radius 1 is 1.19 bits per heavy atom. The number of nitrogens with one attached hydrogen (secondary N) is 1. The predicted octanol–water partition coefficient (Wildman–Crippen LogP) is 2.41. The Balaban J connectivity index is 1.28. The van der Waals surface area contributed by atoms with Crippen LogP contribution in [0, 0.1) is 5.92 Å². The van der Waals surface area contributed by atoms with Crippen LogP contribution in [0.3, 0.4) is 0 Å². The van der Waals surface area contributed by atoms with Gasteiger partial charge in [0.05, 0.1) is 28.7 Å². The highest BCUT2D eigenvalue weighted by Crippen LogP contribution is 2.26. The molecule has 0 saturated carbocycles. The first-order chi connectivity index (χ1) is 15.0. The summed E-state index contributed by atoms with van der Waals surface area (Å²) >= 11 is 7.53. The number of piperazine rings is 1. The molecule has 4 rings (SSSR count). The fraction of sp³-hybridized carbons (Fsp3) is 0.286. The number of anilines is 2. The lowest BCUT2D eigenvalue weighted by atomic mass is 10.1. The summed E-state index contributed by atoms with van der Waals surface area (Å²) in [5.41, 5.74) is 1.60. The number of hydrogen-bond donors (Lipinski definition) is 1. The van der Waals surface area contributed by atoms with E-state index in [2.05, 4.69) is 20.2 Å². The number of nitrogens with zero attached hydrogens (tertiary/aromatic N) is 4. The molecule has 1 unspecified atom stereocenters. The van der Waals surface area contributed by atoms with E-state index in [4.69, 9.17) is 11.6 Å². The number of para-hydroxylation sites is 1. The Hall–Kier alpha value is -3.04. The van der Waals surface area contributed by atoms with E-state index in [-0.39, 0.29) is 24.1 Å². The van der Waals surface area contributed by atoms with Crippen LogP contribution in [0.25, 0.3) is 0 Å². The first-order valence-electron chi connectivity index (χ1n) is 9.78. The highest BCUT2D eigenvalue weighted by Gasteiger charge is 2.23. The van der Waals surface area contributed by atoms with E-state index in [1.54, 1.807) is 5.38 Å². The highest BCUT2D eigenvalue weighted by atomic mass is 35.5. The molecule has 31 heavy (non-hydrogen) atoms. The number of benzene rings is 1. The van der Waals surface area contributed by atoms with E-state index in [0.717, 1.165) is 5.69 Å². The minimum Gasteiger partial charge on any atom is -0.367 e. The summed E-state index contributed by atoms with van der Waals surface area (Å²) in [5, 5.41) is 5.59. The van der Waals surface area contributed by atoms with Crippen LogP contribution in [-0.2, 0) is 20.8 Å². The molecule has 0 spiro atoms. The molecule has 1 aromatic heterocycles. The lowest BCUT2D eigenvalue weighted by Crippen LogP contribution is -2.49. The van der Waals surface area contributed by atoms with E-state index < -0.39 is 5.92 Å². The van der Waals surface area contributed by atoms with E-state index >= 15 is 0 Å². The maximum Gasteiger partial charge on any atom is 0.269 e. The van der Waals surface area contributed by atoms with Crippen molar-refractivity contribution >= 4 is 57.7 Å². The van der Waals surface area contributed by atoms with Crippen molar-refractivity contribution in [2.75, 3.05) is 36.4 Å². The van der Waals surface area contributed by atoms with Gasteiger partial charge in [-0.05, 0) is 12.1 Å². The van der Waals surface area contributed by atoms with Gasteiger partial charge in [-0.3, -0.25) is 14.4 Å². The molecule has 2 aromatic rings. The molecule has 1 N–H and O–H groups in total. The van der Waals surface area contributed by atoms with Gasteiger partial charge in [-0.2, -0.15) is 0 Å². The largest absolute Gasteiger partial charge is 0.367 e. The van der Waals surface area contributed by atoms with Crippen molar-refractivity contribution in [2.24, 2.45) is 10.9 Å². The van der Waals surface area contributed by atoms with Crippen molar-refractivity contribution in [1.29, 1.82) is 0 Å². The van der Waals surface area contributed by atoms with Crippen LogP contribution >= 0.6 is 22.9 Å². The molecule has 2 aliphatic heterocycles. The van der Waals surface area contributed by atoms with Crippen LogP contribution < -0.4 is 10.2 Å². The standard InChI is InChI=1S/C21H20ClN5O3S/c22-16-3-1-2-4-17(16)26-7-9-27(10-8-26)19(29)11-15-13-31-21(24-15)25-20(30)14-5-6-18(28)23-12-14/h1-6,12-14H,7-11H2,(H,24,25,30). The molecule has 160 valence electrons. The second-order valence-corrected chi connectivity index (χ2v) is 8.40. The zero-order chi connectivity index (χ0) is 21.8. The molecule has 1 aromatic carbocycles. The third kappa shape index (κ3) is 5.18. The minimum absolute atomic E-state index is 0.00263. The van der Waals surface area contributed by atoms with Crippen molar-refractivity contribution in [3.8, 4) is 0 Å². The number of aromatic nitrogens is 1. The predicted molar refractivity (Wildman–Crippen MR) is 121 cm³/mol. The number of halogens is 1. The Bertz CT molecular complexity index is 1040. The maximum absolute atomic E-state index is 12.7. The van der Waals surface area contributed by atoms with Gasteiger partial charge in [-0.25, -0.2) is 9.98 Å². The number of carbonyl (C=O) groups excluding carboxylic acids is 3. The average Bonchev–Trinajstić information content (AvgIpc) is 3.21. The maximum atomic E-state index is 12.7. The quantitative estimate of drug-likeness (QED) is 0.744. The summed E-state index contributed by atoms with van der Waals surface area (Å²) in [4.78, 5) is 47.9. The zero-order valence-corrected chi connectivity index (χ0v) is 18.1. The van der Waals surface area contributed by atoms with Crippen LogP contribution in [-0.4, -0.2) is 60.0 Å². The first kappa shape index (κ1) is 21.2. The number of carbonyl (C=O) groups is 3. The van der Waals surface area contributed by atoms with Crippen molar-refractivity contribution < 1.29 is 14.4 Å². The molecule has 1 fully saturated rings. The van der Waals surface area contributed by atoms with Crippen LogP contribution in [0.4, 0.5) is 10.8 Å². The monoisotopic (exact) mass is 457 g/mol. The van der Waals surface area contributed by atoms with Gasteiger partial charge in [0, 0.05) is 43.8 Å². The molecule has 0 aliphatic carbocycles. The van der Waals surface area contributed by atoms with Gasteiger partial charge in [-0.15, -0.1) is 11.3 Å². The molecule has 0 radical (unpaired) electrons. The number of aliphatic imine (C=N–C) groups is 1.